The van der Waals surface area contributed by atoms with Gasteiger partial charge in [-0.25, -0.2) is 4.98 Å². The maximum absolute atomic E-state index is 8.75. The summed E-state index contributed by atoms with van der Waals surface area (Å²) in [5.74, 6) is 1.59. The molecule has 2 aliphatic rings. The minimum absolute atomic E-state index is 0.111. The van der Waals surface area contributed by atoms with E-state index >= 15 is 0 Å². The topological polar surface area (TPSA) is 96.2 Å². The number of ether oxygens (including phenoxy) is 2. The summed E-state index contributed by atoms with van der Waals surface area (Å²) in [6.45, 7) is 8.59. The van der Waals surface area contributed by atoms with Crippen LogP contribution in [0, 0.1) is 0 Å². The second-order valence-electron chi connectivity index (χ2n) is 8.88. The van der Waals surface area contributed by atoms with E-state index in [1.54, 1.807) is 0 Å². The molecule has 1 aromatic carbocycles. The van der Waals surface area contributed by atoms with Crippen LogP contribution in [-0.4, -0.2) is 78.0 Å². The lowest BCUT2D eigenvalue weighted by atomic mass is 10.1. The zero-order valence-electron chi connectivity index (χ0n) is 19.6. The third-order valence-corrected chi connectivity index (χ3v) is 6.17. The number of anilines is 2. The molecule has 2 aromatic heterocycles. The van der Waals surface area contributed by atoms with Crippen LogP contribution in [0.1, 0.15) is 19.4 Å². The number of nitrogens with zero attached hydrogens (tertiary/aromatic N) is 6. The van der Waals surface area contributed by atoms with Crippen molar-refractivity contribution >= 4 is 29.0 Å². The van der Waals surface area contributed by atoms with E-state index < -0.39 is 0 Å². The Morgan fingerprint density at radius 2 is 1.82 bits per heavy atom. The molecular weight excluding hydrogens is 432 g/mol. The molecule has 0 radical (unpaired) electrons. The molecule has 2 atom stereocenters. The van der Waals surface area contributed by atoms with Gasteiger partial charge in [-0.15, -0.1) is 5.16 Å². The van der Waals surface area contributed by atoms with Gasteiger partial charge in [0, 0.05) is 44.4 Å². The van der Waals surface area contributed by atoms with Crippen LogP contribution in [-0.2, 0) is 15.9 Å². The highest BCUT2D eigenvalue weighted by atomic mass is 16.5. The van der Waals surface area contributed by atoms with Gasteiger partial charge in [0.2, 0.25) is 5.95 Å². The van der Waals surface area contributed by atoms with E-state index in [0.717, 1.165) is 54.2 Å². The Morgan fingerprint density at radius 3 is 2.59 bits per heavy atom. The van der Waals surface area contributed by atoms with E-state index in [2.05, 4.69) is 40.9 Å². The average Bonchev–Trinajstić information content (AvgIpc) is 2.86. The number of hydrogen-bond donors (Lipinski definition) is 1. The molecule has 34 heavy (non-hydrogen) atoms. The van der Waals surface area contributed by atoms with Crippen molar-refractivity contribution < 1.29 is 14.7 Å². The Labute approximate surface area is 199 Å². The van der Waals surface area contributed by atoms with Crippen molar-refractivity contribution in [2.45, 2.75) is 32.5 Å². The second-order valence-corrected chi connectivity index (χ2v) is 8.88. The number of hydrogen-bond acceptors (Lipinski definition) is 9. The second kappa shape index (κ2) is 9.90. The van der Waals surface area contributed by atoms with E-state index in [1.807, 2.05) is 24.3 Å². The molecule has 0 saturated carbocycles. The van der Waals surface area contributed by atoms with E-state index in [-0.39, 0.29) is 12.2 Å². The number of oxime groups is 1. The summed E-state index contributed by atoms with van der Waals surface area (Å²) in [6.07, 6.45) is 2.25. The molecular formula is C25H30N6O3. The van der Waals surface area contributed by atoms with Crippen LogP contribution in [0.15, 0.2) is 41.6 Å². The summed E-state index contributed by atoms with van der Waals surface area (Å²) in [5, 5.41) is 12.8. The fourth-order valence-electron chi connectivity index (χ4n) is 4.65. The zero-order valence-corrected chi connectivity index (χ0v) is 19.6. The largest absolute Gasteiger partial charge is 0.411 e. The first-order valence-electron chi connectivity index (χ1n) is 11.8. The average molecular weight is 463 g/mol. The van der Waals surface area contributed by atoms with Crippen LogP contribution in [0.2, 0.25) is 0 Å². The van der Waals surface area contributed by atoms with Crippen molar-refractivity contribution in [3.05, 3.63) is 42.0 Å². The molecule has 2 saturated heterocycles. The van der Waals surface area contributed by atoms with Gasteiger partial charge in [-0.05, 0) is 37.6 Å². The number of rotatable bonds is 5. The summed E-state index contributed by atoms with van der Waals surface area (Å²) in [6, 6.07) is 12.2. The van der Waals surface area contributed by atoms with Crippen LogP contribution in [0.25, 0.3) is 22.3 Å². The molecule has 0 amide bonds. The minimum Gasteiger partial charge on any atom is -0.411 e. The van der Waals surface area contributed by atoms with Crippen molar-refractivity contribution in [1.82, 2.24) is 15.0 Å². The predicted octanol–water partition coefficient (Wildman–Crippen LogP) is 3.14. The molecule has 4 heterocycles. The number of pyridine rings is 1. The van der Waals surface area contributed by atoms with Gasteiger partial charge in [0.1, 0.15) is 5.82 Å². The molecule has 9 nitrogen and oxygen atoms in total. The van der Waals surface area contributed by atoms with Gasteiger partial charge in [0.05, 0.1) is 36.5 Å². The van der Waals surface area contributed by atoms with E-state index in [4.69, 9.17) is 29.6 Å². The van der Waals surface area contributed by atoms with E-state index in [1.165, 1.54) is 6.21 Å². The highest BCUT2D eigenvalue weighted by Gasteiger charge is 2.26. The van der Waals surface area contributed by atoms with Crippen LogP contribution < -0.4 is 9.80 Å². The fraction of sp³-hybridized carbons (Fsp3) is 0.440. The summed E-state index contributed by atoms with van der Waals surface area (Å²) >= 11 is 0. The van der Waals surface area contributed by atoms with Gasteiger partial charge in [-0.2, -0.15) is 9.97 Å². The first kappa shape index (κ1) is 22.5. The summed E-state index contributed by atoms with van der Waals surface area (Å²) in [4.78, 5) is 19.4. The van der Waals surface area contributed by atoms with Gasteiger partial charge >= 0.3 is 0 Å². The Morgan fingerprint density at radius 1 is 1.03 bits per heavy atom. The SMILES string of the molecule is CC1CN(c2nc(N3CCOCC3)c3ccc(-c4cccc(CC=NO)c4)nc3n2)CC(C)O1. The molecule has 178 valence electrons. The van der Waals surface area contributed by atoms with Gasteiger partial charge in [-0.1, -0.05) is 18.2 Å². The van der Waals surface area contributed by atoms with Crippen LogP contribution in [0.5, 0.6) is 0 Å². The van der Waals surface area contributed by atoms with Crippen molar-refractivity contribution in [3.63, 3.8) is 0 Å². The van der Waals surface area contributed by atoms with Crippen LogP contribution in [0.4, 0.5) is 11.8 Å². The van der Waals surface area contributed by atoms with Crippen LogP contribution >= 0.6 is 0 Å². The zero-order chi connectivity index (χ0) is 23.5. The Hall–Kier alpha value is -3.30. The van der Waals surface area contributed by atoms with E-state index in [0.29, 0.717) is 31.2 Å². The van der Waals surface area contributed by atoms with Crippen molar-refractivity contribution in [2.75, 3.05) is 49.2 Å². The van der Waals surface area contributed by atoms with Crippen LogP contribution in [0.3, 0.4) is 0 Å². The summed E-state index contributed by atoms with van der Waals surface area (Å²) < 4.78 is 11.5. The lowest BCUT2D eigenvalue weighted by Gasteiger charge is -2.36. The van der Waals surface area contributed by atoms with Gasteiger partial charge in [0.15, 0.2) is 5.65 Å². The standard InChI is InChI=1S/C25H30N6O3/c1-17-15-31(16-18(2)34-17)25-28-23-21(24(29-25)30-10-12-33-13-11-30)6-7-22(27-23)20-5-3-4-19(14-20)8-9-26-32/h3-7,9,14,17-18,32H,8,10-13,15-16H2,1-2H3. The minimum atomic E-state index is 0.111. The molecule has 2 unspecified atom stereocenters. The Balaban J connectivity index is 1.58. The van der Waals surface area contributed by atoms with Crippen molar-refractivity contribution in [2.24, 2.45) is 5.16 Å². The van der Waals surface area contributed by atoms with Gasteiger partial charge < -0.3 is 24.5 Å². The number of fused-ring (bicyclic) bond motifs is 1. The molecule has 0 spiro atoms. The molecule has 0 aliphatic carbocycles. The molecule has 3 aromatic rings. The highest BCUT2D eigenvalue weighted by molar-refractivity contribution is 5.90. The van der Waals surface area contributed by atoms with Gasteiger partial charge in [-0.3, -0.25) is 0 Å². The molecule has 9 heteroatoms. The monoisotopic (exact) mass is 462 g/mol. The lowest BCUT2D eigenvalue weighted by molar-refractivity contribution is -0.00570. The number of morpholine rings is 2. The van der Waals surface area contributed by atoms with Gasteiger partial charge in [0.25, 0.3) is 0 Å². The quantitative estimate of drug-likeness (QED) is 0.351. The predicted molar refractivity (Wildman–Crippen MR) is 132 cm³/mol. The maximum Gasteiger partial charge on any atom is 0.229 e. The summed E-state index contributed by atoms with van der Waals surface area (Å²) in [5.41, 5.74) is 3.56. The molecule has 0 bridgehead atoms. The molecule has 2 fully saturated rings. The van der Waals surface area contributed by atoms with E-state index in [9.17, 15) is 0 Å². The summed E-state index contributed by atoms with van der Waals surface area (Å²) in [7, 11) is 0. The maximum atomic E-state index is 8.75. The molecule has 5 rings (SSSR count). The normalized spacial score (nSPS) is 21.5. The first-order chi connectivity index (χ1) is 16.6. The third kappa shape index (κ3) is 4.80. The Kier molecular flexibility index (Phi) is 6.55. The highest BCUT2D eigenvalue weighted by Crippen LogP contribution is 2.30. The number of benzene rings is 1. The fourth-order valence-corrected chi connectivity index (χ4v) is 4.65. The van der Waals surface area contributed by atoms with Crippen molar-refractivity contribution in [3.8, 4) is 11.3 Å². The lowest BCUT2D eigenvalue weighted by Crippen LogP contribution is -2.46. The molecule has 2 aliphatic heterocycles. The molecule has 1 N–H and O–H groups in total. The first-order valence-corrected chi connectivity index (χ1v) is 11.8. The van der Waals surface area contributed by atoms with Crippen molar-refractivity contribution in [1.29, 1.82) is 0 Å². The smallest absolute Gasteiger partial charge is 0.229 e. The third-order valence-electron chi connectivity index (χ3n) is 6.17. The number of aromatic nitrogens is 3. The Bertz CT molecular complexity index is 1170.